The van der Waals surface area contributed by atoms with Crippen LogP contribution < -0.4 is 5.73 Å². The number of aliphatic hydroxyl groups excluding tert-OH is 1. The zero-order valence-electron chi connectivity index (χ0n) is 32.2. The summed E-state index contributed by atoms with van der Waals surface area (Å²) in [6.45, 7) is 22.4. The maximum absolute atomic E-state index is 12.6. The molecule has 0 unspecified atom stereocenters. The number of hydrogen-bond acceptors (Lipinski definition) is 11. The fourth-order valence-electron chi connectivity index (χ4n) is 6.87. The summed E-state index contributed by atoms with van der Waals surface area (Å²) in [5.74, 6) is -4.41. The van der Waals surface area contributed by atoms with Gasteiger partial charge in [0.15, 0.2) is 0 Å². The molecule has 0 aromatic carbocycles. The lowest BCUT2D eigenvalue weighted by Crippen LogP contribution is -2.49. The molecule has 1 heterocycles. The zero-order valence-corrected chi connectivity index (χ0v) is 32.2. The predicted octanol–water partition coefficient (Wildman–Crippen LogP) is 6.01. The molecule has 288 valence electrons. The molecule has 1 aliphatic rings. The van der Waals surface area contributed by atoms with Crippen LogP contribution in [0.4, 0.5) is 4.79 Å². The van der Waals surface area contributed by atoms with Crippen molar-refractivity contribution >= 4 is 30.0 Å². The number of esters is 4. The minimum absolute atomic E-state index is 0.139. The van der Waals surface area contributed by atoms with Gasteiger partial charge in [-0.2, -0.15) is 0 Å². The van der Waals surface area contributed by atoms with E-state index in [1.807, 2.05) is 60.6 Å². The molecule has 1 fully saturated rings. The second-order valence-electron chi connectivity index (χ2n) is 14.2. The van der Waals surface area contributed by atoms with Gasteiger partial charge in [-0.1, -0.05) is 84.1 Å². The smallest absolute Gasteiger partial charge is 0.404 e. The standard InChI is InChI=1S/C39H61NO11/c1-13-14-15-22(3)36(51-39(40)46)27(8)34(44)24(5)18-21(2)19-25(6)35(48-30(11)42)23(4)16-17-32(47-29(10)41)20-33-26(7)37(49-31(12)43)28(9)38(45)50-33/h13-17,19,22-28,32-37,44H,1,18,20H2,2-12H3,(H2,40,46)/b15-14-,17-16-,21-19-/t22-,23-,24-,25+,26+,27+,28-,32+,33+,34+,35-,36+,37+/m0/s1. The van der Waals surface area contributed by atoms with Crippen LogP contribution in [0.3, 0.4) is 0 Å². The van der Waals surface area contributed by atoms with Crippen LogP contribution in [0.2, 0.25) is 0 Å². The van der Waals surface area contributed by atoms with Crippen molar-refractivity contribution in [2.24, 2.45) is 47.2 Å². The molecule has 1 rings (SSSR count). The summed E-state index contributed by atoms with van der Waals surface area (Å²) < 4.78 is 27.8. The molecule has 0 aromatic rings. The van der Waals surface area contributed by atoms with Gasteiger partial charge in [0.25, 0.3) is 0 Å². The van der Waals surface area contributed by atoms with Gasteiger partial charge in [-0.25, -0.2) is 4.79 Å². The first-order chi connectivity index (χ1) is 23.7. The molecule has 12 nitrogen and oxygen atoms in total. The highest BCUT2D eigenvalue weighted by Gasteiger charge is 2.44. The highest BCUT2D eigenvalue weighted by Crippen LogP contribution is 2.33. The average Bonchev–Trinajstić information content (AvgIpc) is 3.02. The fraction of sp³-hybridized carbons (Fsp3) is 0.667. The maximum Gasteiger partial charge on any atom is 0.404 e. The molecular formula is C39H61NO11. The molecule has 0 spiro atoms. The molecule has 12 heteroatoms. The summed E-state index contributed by atoms with van der Waals surface area (Å²) in [5, 5.41) is 11.3. The van der Waals surface area contributed by atoms with Crippen LogP contribution in [-0.4, -0.2) is 71.7 Å². The molecule has 0 aromatic heterocycles. The Hall–Kier alpha value is -3.93. The number of carbonyl (C=O) groups is 5. The molecule has 13 atom stereocenters. The minimum Gasteiger partial charge on any atom is -0.461 e. The van der Waals surface area contributed by atoms with Crippen molar-refractivity contribution in [2.45, 2.75) is 126 Å². The number of ether oxygens (including phenoxy) is 5. The Morgan fingerprint density at radius 2 is 1.45 bits per heavy atom. The number of allylic oxidation sites excluding steroid dienone is 3. The normalized spacial score (nSPS) is 24.9. The van der Waals surface area contributed by atoms with Crippen molar-refractivity contribution in [1.29, 1.82) is 0 Å². The number of nitrogens with two attached hydrogens (primary N) is 1. The molecule has 3 N–H and O–H groups in total. The maximum atomic E-state index is 12.6. The fourth-order valence-corrected chi connectivity index (χ4v) is 6.87. The molecular weight excluding hydrogens is 658 g/mol. The first-order valence-corrected chi connectivity index (χ1v) is 17.7. The van der Waals surface area contributed by atoms with E-state index in [1.54, 1.807) is 31.2 Å². The number of rotatable bonds is 19. The van der Waals surface area contributed by atoms with E-state index in [2.05, 4.69) is 6.58 Å². The van der Waals surface area contributed by atoms with Crippen molar-refractivity contribution < 1.29 is 52.8 Å². The molecule has 1 aliphatic heterocycles. The van der Waals surface area contributed by atoms with Gasteiger partial charge in [-0.05, 0) is 32.3 Å². The monoisotopic (exact) mass is 719 g/mol. The summed E-state index contributed by atoms with van der Waals surface area (Å²) in [7, 11) is 0. The number of cyclic esters (lactones) is 1. The van der Waals surface area contributed by atoms with Crippen molar-refractivity contribution in [3.63, 3.8) is 0 Å². The second kappa shape index (κ2) is 21.4. The largest absolute Gasteiger partial charge is 0.461 e. The van der Waals surface area contributed by atoms with E-state index < -0.39 is 78.4 Å². The number of aliphatic hydroxyl groups is 1. The Kier molecular flexibility index (Phi) is 19.0. The number of amides is 1. The van der Waals surface area contributed by atoms with E-state index in [0.29, 0.717) is 6.42 Å². The van der Waals surface area contributed by atoms with Crippen LogP contribution in [0.1, 0.15) is 89.0 Å². The van der Waals surface area contributed by atoms with Gasteiger partial charge in [0.05, 0.1) is 12.0 Å². The molecule has 0 aliphatic carbocycles. The molecule has 0 bridgehead atoms. The molecule has 51 heavy (non-hydrogen) atoms. The third kappa shape index (κ3) is 15.1. The van der Waals surface area contributed by atoms with Crippen molar-refractivity contribution in [2.75, 3.05) is 0 Å². The number of primary amides is 1. The van der Waals surface area contributed by atoms with Gasteiger partial charge in [-0.15, -0.1) is 0 Å². The third-order valence-electron chi connectivity index (χ3n) is 9.44. The Bertz CT molecular complexity index is 1290. The topological polar surface area (TPSA) is 178 Å². The average molecular weight is 720 g/mol. The van der Waals surface area contributed by atoms with E-state index in [9.17, 15) is 29.1 Å². The van der Waals surface area contributed by atoms with Gasteiger partial charge >= 0.3 is 30.0 Å². The molecule has 1 amide bonds. The van der Waals surface area contributed by atoms with E-state index in [1.165, 1.54) is 20.8 Å². The second-order valence-corrected chi connectivity index (χ2v) is 14.2. The summed E-state index contributed by atoms with van der Waals surface area (Å²) >= 11 is 0. The van der Waals surface area contributed by atoms with Crippen molar-refractivity contribution in [3.8, 4) is 0 Å². The van der Waals surface area contributed by atoms with Crippen LogP contribution in [0.25, 0.3) is 0 Å². The summed E-state index contributed by atoms with van der Waals surface area (Å²) in [4.78, 5) is 60.2. The third-order valence-corrected chi connectivity index (χ3v) is 9.44. The van der Waals surface area contributed by atoms with Gasteiger partial charge in [0, 0.05) is 56.8 Å². The van der Waals surface area contributed by atoms with Crippen LogP contribution >= 0.6 is 0 Å². The molecule has 0 radical (unpaired) electrons. The van der Waals surface area contributed by atoms with Crippen LogP contribution in [0, 0.1) is 41.4 Å². The lowest BCUT2D eigenvalue weighted by atomic mass is 9.81. The molecule has 1 saturated heterocycles. The Morgan fingerprint density at radius 1 is 0.863 bits per heavy atom. The number of hydrogen-bond donors (Lipinski definition) is 2. The summed E-state index contributed by atoms with van der Waals surface area (Å²) in [6, 6.07) is 0. The van der Waals surface area contributed by atoms with Crippen LogP contribution in [-0.2, 0) is 42.9 Å². The highest BCUT2D eigenvalue weighted by molar-refractivity contribution is 5.75. The van der Waals surface area contributed by atoms with E-state index in [4.69, 9.17) is 29.4 Å². The van der Waals surface area contributed by atoms with Gasteiger partial charge in [0.1, 0.15) is 30.5 Å². The Labute approximate surface area is 303 Å². The Morgan fingerprint density at radius 3 is 1.98 bits per heavy atom. The van der Waals surface area contributed by atoms with E-state index >= 15 is 0 Å². The lowest BCUT2D eigenvalue weighted by molar-refractivity contribution is -0.189. The number of carbonyl (C=O) groups excluding carboxylic acids is 5. The summed E-state index contributed by atoms with van der Waals surface area (Å²) in [5.41, 5.74) is 6.30. The lowest BCUT2D eigenvalue weighted by Gasteiger charge is -2.39. The zero-order chi connectivity index (χ0) is 39.2. The SMILES string of the molecule is C=C/C=C\[C@H](C)[C@@H](OC(N)=O)[C@H](C)[C@H](O)[C@@H](C)C/C(C)=C\[C@@H](C)[C@@H](OC(C)=O)[C@@H](C)/C=C\[C@H](C[C@H]1OC(=O)[C@@H](C)[C@H](OC(C)=O)[C@@H]1C)OC(C)=O. The molecule has 0 saturated carbocycles. The van der Waals surface area contributed by atoms with Gasteiger partial charge in [0.2, 0.25) is 0 Å². The van der Waals surface area contributed by atoms with E-state index in [0.717, 1.165) is 5.57 Å². The van der Waals surface area contributed by atoms with Crippen molar-refractivity contribution in [3.05, 3.63) is 48.6 Å². The van der Waals surface area contributed by atoms with Crippen LogP contribution in [0.15, 0.2) is 48.6 Å². The first kappa shape index (κ1) is 45.1. The quantitative estimate of drug-likeness (QED) is 0.0692. The predicted molar refractivity (Wildman–Crippen MR) is 193 cm³/mol. The van der Waals surface area contributed by atoms with Gasteiger partial charge < -0.3 is 34.5 Å². The van der Waals surface area contributed by atoms with Crippen LogP contribution in [0.5, 0.6) is 0 Å². The highest BCUT2D eigenvalue weighted by atomic mass is 16.6. The van der Waals surface area contributed by atoms with Crippen molar-refractivity contribution in [1.82, 2.24) is 0 Å². The van der Waals surface area contributed by atoms with E-state index in [-0.39, 0.29) is 36.0 Å². The first-order valence-electron chi connectivity index (χ1n) is 17.7. The minimum atomic E-state index is -0.913. The Balaban J connectivity index is 3.17. The van der Waals surface area contributed by atoms with Gasteiger partial charge in [-0.3, -0.25) is 19.2 Å². The summed E-state index contributed by atoms with van der Waals surface area (Å²) in [6.07, 6.45) is 6.26.